The average molecular weight is 839 g/mol. The van der Waals surface area contributed by atoms with Crippen LogP contribution in [-0.4, -0.2) is 133 Å². The maximum absolute atomic E-state index is 15.4. The maximum atomic E-state index is 15.4. The summed E-state index contributed by atoms with van der Waals surface area (Å²) < 4.78 is 24.1. The second-order valence-electron chi connectivity index (χ2n) is 18.9. The van der Waals surface area contributed by atoms with Crippen molar-refractivity contribution in [1.82, 2.24) is 14.8 Å². The van der Waals surface area contributed by atoms with Crippen molar-refractivity contribution in [2.75, 3.05) is 66.0 Å². The number of aromatic amines is 1. The number of anilines is 1. The number of hydrogen-bond acceptors (Lipinski definition) is 12. The van der Waals surface area contributed by atoms with Crippen LogP contribution in [0.1, 0.15) is 87.7 Å². The van der Waals surface area contributed by atoms with Gasteiger partial charge >= 0.3 is 17.9 Å². The van der Waals surface area contributed by atoms with Crippen molar-refractivity contribution in [3.8, 4) is 5.75 Å². The quantitative estimate of drug-likeness (QED) is 0.166. The number of H-pyrrole nitrogens is 1. The van der Waals surface area contributed by atoms with Gasteiger partial charge in [-0.1, -0.05) is 39.0 Å². The molecule has 328 valence electrons. The number of aryl methyl sites for hydroxylation is 1. The molecule has 2 bridgehead atoms. The molecule has 6 heterocycles. The van der Waals surface area contributed by atoms with Gasteiger partial charge in [-0.25, -0.2) is 4.79 Å². The van der Waals surface area contributed by atoms with Gasteiger partial charge in [0.2, 0.25) is 5.60 Å². The summed E-state index contributed by atoms with van der Waals surface area (Å²) in [4.78, 5) is 53.4. The maximum Gasteiger partial charge on any atom is 0.344 e. The molecule has 6 aliphatic rings. The number of aromatic nitrogens is 1. The molecule has 2 saturated heterocycles. The highest BCUT2D eigenvalue weighted by Gasteiger charge is 2.80. The number of piperidine rings is 1. The summed E-state index contributed by atoms with van der Waals surface area (Å²) >= 11 is 0. The molecule has 0 radical (unpaired) electrons. The van der Waals surface area contributed by atoms with E-state index in [9.17, 15) is 19.8 Å². The number of benzene rings is 2. The van der Waals surface area contributed by atoms with Crippen molar-refractivity contribution < 1.29 is 43.5 Å². The van der Waals surface area contributed by atoms with Crippen molar-refractivity contribution in [2.24, 2.45) is 11.3 Å². The number of likely N-dealkylation sites (N-methyl/N-ethyl adjacent to an activating group) is 1. The normalized spacial score (nSPS) is 36.2. The number of fused-ring (bicyclic) bond motifs is 6. The van der Waals surface area contributed by atoms with Gasteiger partial charge in [-0.05, 0) is 92.3 Å². The average Bonchev–Trinajstić information content (AvgIpc) is 3.92. The van der Waals surface area contributed by atoms with Gasteiger partial charge in [-0.3, -0.25) is 19.4 Å². The molecule has 9 rings (SSSR count). The fourth-order valence-electron chi connectivity index (χ4n) is 13.8. The summed E-state index contributed by atoms with van der Waals surface area (Å²) in [5, 5.41) is 26.5. The minimum absolute atomic E-state index is 0.102. The number of rotatable bonds is 8. The fraction of sp³-hybridized carbons (Fsp3) is 0.604. The van der Waals surface area contributed by atoms with Crippen molar-refractivity contribution in [1.29, 1.82) is 0 Å². The zero-order valence-electron chi connectivity index (χ0n) is 36.9. The van der Waals surface area contributed by atoms with Crippen LogP contribution in [0.25, 0.3) is 10.9 Å². The van der Waals surface area contributed by atoms with Crippen LogP contribution in [0.5, 0.6) is 5.75 Å². The van der Waals surface area contributed by atoms with Gasteiger partial charge in [0, 0.05) is 90.9 Å². The van der Waals surface area contributed by atoms with Gasteiger partial charge in [0.1, 0.15) is 11.2 Å². The number of aliphatic hydroxyl groups is 2. The lowest BCUT2D eigenvalue weighted by Crippen LogP contribution is -2.81. The van der Waals surface area contributed by atoms with Gasteiger partial charge in [0.25, 0.3) is 0 Å². The standard InChI is InChI=1S/C48H62N4O9/c1-9-29-13-14-35-32(21-29)31-15-19-51-26-30(24-44(56,10-2)27-51)25-47(38(31)49-35,42(54)59-7)34-22-33-36(23-37(34)58-6)50(5)40-46(33)17-20-52-18-12-16-45(11-3,39(46)52)41(61-28(4)53)48(40,57)43(55)60-8/h12-14,16,21-23,30,39-41,49,56-57H,9-11,15,17-20,24-27H2,1-8H3/t30-,39+,40?,41-,44+,45-,46-,47+,48+/m1/s1. The molecule has 1 aromatic heterocycles. The highest BCUT2D eigenvalue weighted by molar-refractivity contribution is 5.95. The molecule has 2 aromatic carbocycles. The number of nitrogens with zero attached hydrogens (tertiary/aromatic N) is 3. The minimum Gasteiger partial charge on any atom is -0.496 e. The fourth-order valence-corrected chi connectivity index (χ4v) is 13.8. The Bertz CT molecular complexity index is 2330. The summed E-state index contributed by atoms with van der Waals surface area (Å²) in [6.07, 6.45) is 6.81. The van der Waals surface area contributed by atoms with Crippen molar-refractivity contribution in [3.63, 3.8) is 0 Å². The lowest BCUT2D eigenvalue weighted by molar-refractivity contribution is -0.228. The first kappa shape index (κ1) is 41.9. The predicted molar refractivity (Wildman–Crippen MR) is 230 cm³/mol. The monoisotopic (exact) mass is 838 g/mol. The summed E-state index contributed by atoms with van der Waals surface area (Å²) in [5.41, 5.74) is -0.399. The van der Waals surface area contributed by atoms with Crippen LogP contribution in [0.4, 0.5) is 5.69 Å². The summed E-state index contributed by atoms with van der Waals surface area (Å²) in [5.74, 6) is -1.55. The lowest BCUT2D eigenvalue weighted by Gasteiger charge is -2.63. The number of carbonyl (C=O) groups is 3. The molecule has 1 spiro atoms. The third kappa shape index (κ3) is 5.55. The third-order valence-electron chi connectivity index (χ3n) is 16.2. The lowest BCUT2D eigenvalue weighted by atomic mass is 9.47. The van der Waals surface area contributed by atoms with Crippen molar-refractivity contribution >= 4 is 34.5 Å². The third-order valence-corrected chi connectivity index (χ3v) is 16.2. The summed E-state index contributed by atoms with van der Waals surface area (Å²) in [6, 6.07) is 9.30. The Labute approximate surface area is 358 Å². The van der Waals surface area contributed by atoms with E-state index in [1.807, 2.05) is 31.9 Å². The smallest absolute Gasteiger partial charge is 0.344 e. The Balaban J connectivity index is 1.37. The van der Waals surface area contributed by atoms with Crippen LogP contribution >= 0.6 is 0 Å². The van der Waals surface area contributed by atoms with Gasteiger partial charge in [-0.2, -0.15) is 0 Å². The molecule has 3 N–H and O–H groups in total. The van der Waals surface area contributed by atoms with Crippen LogP contribution in [0, 0.1) is 11.3 Å². The van der Waals surface area contributed by atoms with Gasteiger partial charge < -0.3 is 39.0 Å². The highest BCUT2D eigenvalue weighted by Crippen LogP contribution is 2.68. The van der Waals surface area contributed by atoms with E-state index in [1.165, 1.54) is 26.7 Å². The highest BCUT2D eigenvalue weighted by atomic mass is 16.6. The SMILES string of the molecule is CCc1ccc2[nH]c3c(c2c1)CCN1C[C@H](C[C@@](O)(CC)C1)C[C@]3(C(=O)OC)c1cc2c(cc1OC)N(C)C1[C@]23CCN2CC=C[C@@](CC)([C@@H](OC(C)=O)[C@]1(O)C(=O)OC)[C@H]23. The molecule has 2 unspecified atom stereocenters. The molecule has 0 amide bonds. The molecule has 61 heavy (non-hydrogen) atoms. The number of esters is 3. The number of hydrogen-bond donors (Lipinski definition) is 3. The van der Waals surface area contributed by atoms with Crippen LogP contribution in [-0.2, 0) is 52.3 Å². The molecule has 13 nitrogen and oxygen atoms in total. The summed E-state index contributed by atoms with van der Waals surface area (Å²) in [6.45, 7) is 10.8. The van der Waals surface area contributed by atoms with Gasteiger partial charge in [0.05, 0.1) is 33.0 Å². The van der Waals surface area contributed by atoms with E-state index in [2.05, 4.69) is 58.1 Å². The largest absolute Gasteiger partial charge is 0.496 e. The van der Waals surface area contributed by atoms with E-state index in [0.717, 1.165) is 39.8 Å². The van der Waals surface area contributed by atoms with Gasteiger partial charge in [-0.15, -0.1) is 0 Å². The van der Waals surface area contributed by atoms with E-state index < -0.39 is 57.5 Å². The second kappa shape index (κ2) is 14.6. The zero-order chi connectivity index (χ0) is 43.4. The number of nitrogens with one attached hydrogen (secondary N) is 1. The van der Waals surface area contributed by atoms with Crippen LogP contribution in [0.2, 0.25) is 0 Å². The first-order valence-corrected chi connectivity index (χ1v) is 22.2. The van der Waals surface area contributed by atoms with E-state index in [4.69, 9.17) is 18.9 Å². The molecule has 3 aromatic rings. The van der Waals surface area contributed by atoms with Crippen molar-refractivity contribution in [2.45, 2.75) is 113 Å². The number of carbonyl (C=O) groups excluding carboxylic acids is 3. The number of ether oxygens (including phenoxy) is 4. The van der Waals surface area contributed by atoms with Crippen molar-refractivity contribution in [3.05, 3.63) is 70.4 Å². The van der Waals surface area contributed by atoms with Crippen LogP contribution in [0.3, 0.4) is 0 Å². The molecule has 1 saturated carbocycles. The Morgan fingerprint density at radius 3 is 2.38 bits per heavy atom. The predicted octanol–water partition coefficient (Wildman–Crippen LogP) is 4.55. The van der Waals surface area contributed by atoms with Crippen LogP contribution < -0.4 is 9.64 Å². The molecule has 1 aliphatic carbocycles. The Kier molecular flexibility index (Phi) is 10.0. The number of methoxy groups -OCH3 is 3. The second-order valence-corrected chi connectivity index (χ2v) is 18.9. The first-order chi connectivity index (χ1) is 29.2. The molecule has 10 atom stereocenters. The van der Waals surface area contributed by atoms with E-state index >= 15 is 4.79 Å². The topological polar surface area (TPSA) is 154 Å². The molecule has 5 aliphatic heterocycles. The molecular formula is C48H62N4O9. The van der Waals surface area contributed by atoms with E-state index in [1.54, 1.807) is 7.11 Å². The molecule has 13 heteroatoms. The molecule has 3 fully saturated rings. The Hall–Kier alpha value is -4.43. The Morgan fingerprint density at radius 1 is 0.934 bits per heavy atom. The summed E-state index contributed by atoms with van der Waals surface area (Å²) in [7, 11) is 6.18. The Morgan fingerprint density at radius 2 is 1.70 bits per heavy atom. The molecular weight excluding hydrogens is 777 g/mol. The first-order valence-electron chi connectivity index (χ1n) is 22.2. The zero-order valence-corrected chi connectivity index (χ0v) is 36.9. The van der Waals surface area contributed by atoms with Crippen LogP contribution in [0.15, 0.2) is 42.5 Å². The van der Waals surface area contributed by atoms with Gasteiger partial charge in [0.15, 0.2) is 6.10 Å². The van der Waals surface area contributed by atoms with E-state index in [0.29, 0.717) is 82.6 Å². The minimum atomic E-state index is -2.30. The van der Waals surface area contributed by atoms with E-state index in [-0.39, 0.29) is 12.0 Å².